The van der Waals surface area contributed by atoms with Crippen molar-refractivity contribution in [3.05, 3.63) is 42.0 Å². The zero-order valence-corrected chi connectivity index (χ0v) is 12.7. The lowest BCUT2D eigenvalue weighted by Gasteiger charge is -2.17. The van der Waals surface area contributed by atoms with E-state index >= 15 is 0 Å². The van der Waals surface area contributed by atoms with Crippen LogP contribution in [0.15, 0.2) is 30.8 Å². The summed E-state index contributed by atoms with van der Waals surface area (Å²) in [6, 6.07) is 7.76. The number of carbonyl (C=O) groups excluding carboxylic acids is 1. The second-order valence-corrected chi connectivity index (χ2v) is 6.05. The Balaban J connectivity index is 1.78. The highest BCUT2D eigenvalue weighted by atomic mass is 16.2. The molecule has 2 rings (SSSR count). The Labute approximate surface area is 122 Å². The van der Waals surface area contributed by atoms with Gasteiger partial charge in [-0.05, 0) is 18.4 Å². The largest absolute Gasteiger partial charge is 0.308 e. The average molecular weight is 271 g/mol. The van der Waals surface area contributed by atoms with Crippen LogP contribution in [0.3, 0.4) is 0 Å². The van der Waals surface area contributed by atoms with E-state index in [2.05, 4.69) is 20.4 Å². The summed E-state index contributed by atoms with van der Waals surface area (Å²) < 4.78 is 0. The Morgan fingerprint density at radius 1 is 1.05 bits per heavy atom. The molecule has 2 heteroatoms. The second kappa shape index (κ2) is 6.74. The molecule has 1 aliphatic heterocycles. The van der Waals surface area contributed by atoms with E-state index in [-0.39, 0.29) is 5.91 Å². The topological polar surface area (TPSA) is 20.3 Å². The summed E-state index contributed by atoms with van der Waals surface area (Å²) in [7, 11) is 0. The van der Waals surface area contributed by atoms with Crippen LogP contribution in [0.2, 0.25) is 0 Å². The summed E-state index contributed by atoms with van der Waals surface area (Å²) in [5.74, 6) is 0.914. The van der Waals surface area contributed by atoms with Gasteiger partial charge >= 0.3 is 0 Å². The van der Waals surface area contributed by atoms with Crippen molar-refractivity contribution in [2.75, 3.05) is 6.54 Å². The summed E-state index contributed by atoms with van der Waals surface area (Å²) in [6.07, 6.45) is 6.13. The van der Waals surface area contributed by atoms with Crippen LogP contribution >= 0.6 is 0 Å². The minimum Gasteiger partial charge on any atom is -0.308 e. The number of nitrogens with zero attached hydrogens (tertiary/aromatic N) is 1. The molecule has 2 nitrogen and oxygen atoms in total. The number of hydrogen-bond acceptors (Lipinski definition) is 1. The van der Waals surface area contributed by atoms with Crippen LogP contribution in [0.5, 0.6) is 0 Å². The van der Waals surface area contributed by atoms with Crippen LogP contribution in [-0.2, 0) is 0 Å². The van der Waals surface area contributed by atoms with E-state index in [1.54, 1.807) is 0 Å². The van der Waals surface area contributed by atoms with E-state index in [0.717, 1.165) is 35.7 Å². The van der Waals surface area contributed by atoms with E-state index in [0.29, 0.717) is 0 Å². The summed E-state index contributed by atoms with van der Waals surface area (Å²) in [4.78, 5) is 14.1. The van der Waals surface area contributed by atoms with Crippen LogP contribution in [0.1, 0.15) is 61.9 Å². The maximum absolute atomic E-state index is 12.3. The fourth-order valence-corrected chi connectivity index (χ4v) is 2.75. The van der Waals surface area contributed by atoms with Gasteiger partial charge in [0.2, 0.25) is 0 Å². The molecule has 1 amide bonds. The first-order valence-electron chi connectivity index (χ1n) is 7.71. The number of fused-ring (bicyclic) bond motifs is 1. The third-order valence-electron chi connectivity index (χ3n) is 3.95. The highest BCUT2D eigenvalue weighted by Gasteiger charge is 2.29. The van der Waals surface area contributed by atoms with Crippen molar-refractivity contribution in [1.82, 2.24) is 4.90 Å². The van der Waals surface area contributed by atoms with E-state index in [4.69, 9.17) is 0 Å². The smallest absolute Gasteiger partial charge is 0.258 e. The van der Waals surface area contributed by atoms with Crippen molar-refractivity contribution in [1.29, 1.82) is 0 Å². The molecule has 1 aromatic carbocycles. The molecule has 108 valence electrons. The fraction of sp³-hybridized carbons (Fsp3) is 0.500. The molecule has 0 N–H and O–H groups in total. The Bertz CT molecular complexity index is 455. The lowest BCUT2D eigenvalue weighted by molar-refractivity contribution is 0.0848. The van der Waals surface area contributed by atoms with Crippen LogP contribution in [-0.4, -0.2) is 17.4 Å². The number of amides is 1. The first kappa shape index (κ1) is 14.8. The molecule has 0 aliphatic carbocycles. The van der Waals surface area contributed by atoms with Gasteiger partial charge in [-0.2, -0.15) is 0 Å². The van der Waals surface area contributed by atoms with Crippen molar-refractivity contribution < 1.29 is 4.79 Å². The molecule has 1 aromatic rings. The summed E-state index contributed by atoms with van der Waals surface area (Å²) >= 11 is 0. The molecule has 0 saturated heterocycles. The highest BCUT2D eigenvalue weighted by molar-refractivity contribution is 6.08. The number of benzene rings is 1. The molecule has 1 heterocycles. The maximum atomic E-state index is 12.3. The van der Waals surface area contributed by atoms with E-state index in [1.807, 2.05) is 29.2 Å². The van der Waals surface area contributed by atoms with Crippen LogP contribution in [0, 0.1) is 5.92 Å². The third kappa shape index (κ3) is 3.30. The molecule has 0 aromatic heterocycles. The van der Waals surface area contributed by atoms with Crippen molar-refractivity contribution in [3.63, 3.8) is 0 Å². The van der Waals surface area contributed by atoms with Crippen LogP contribution < -0.4 is 0 Å². The summed E-state index contributed by atoms with van der Waals surface area (Å²) in [6.45, 7) is 9.41. The van der Waals surface area contributed by atoms with Crippen molar-refractivity contribution in [3.8, 4) is 0 Å². The lowest BCUT2D eigenvalue weighted by Crippen LogP contribution is -2.23. The van der Waals surface area contributed by atoms with Gasteiger partial charge in [-0.1, -0.05) is 64.3 Å². The SMILES string of the molecule is C=C1c2ccccc2C(=O)N1CCCCCCC(C)C. The Kier molecular flexibility index (Phi) is 4.99. The normalized spacial score (nSPS) is 14.2. The van der Waals surface area contributed by atoms with Crippen molar-refractivity contribution in [2.45, 2.75) is 46.0 Å². The monoisotopic (exact) mass is 271 g/mol. The third-order valence-corrected chi connectivity index (χ3v) is 3.95. The molecule has 0 bridgehead atoms. The molecule has 0 unspecified atom stereocenters. The lowest BCUT2D eigenvalue weighted by atomic mass is 10.0. The van der Waals surface area contributed by atoms with Gasteiger partial charge in [-0.25, -0.2) is 0 Å². The molecule has 0 saturated carbocycles. The van der Waals surface area contributed by atoms with Crippen molar-refractivity contribution >= 4 is 11.6 Å². The maximum Gasteiger partial charge on any atom is 0.258 e. The van der Waals surface area contributed by atoms with Gasteiger partial charge in [0.25, 0.3) is 5.91 Å². The summed E-state index contributed by atoms with van der Waals surface area (Å²) in [5, 5.41) is 0. The number of carbonyl (C=O) groups is 1. The zero-order chi connectivity index (χ0) is 14.5. The second-order valence-electron chi connectivity index (χ2n) is 6.05. The molecule has 0 radical (unpaired) electrons. The van der Waals surface area contributed by atoms with E-state index in [9.17, 15) is 4.79 Å². The first-order valence-corrected chi connectivity index (χ1v) is 7.71. The van der Waals surface area contributed by atoms with Crippen LogP contribution in [0.4, 0.5) is 0 Å². The predicted octanol–water partition coefficient (Wildman–Crippen LogP) is 4.72. The molecule has 0 atom stereocenters. The predicted molar refractivity (Wildman–Crippen MR) is 84.4 cm³/mol. The van der Waals surface area contributed by atoms with Gasteiger partial charge in [0.15, 0.2) is 0 Å². The Hall–Kier alpha value is -1.57. The van der Waals surface area contributed by atoms with Gasteiger partial charge in [0, 0.05) is 23.4 Å². The molecular formula is C18H25NO. The minimum absolute atomic E-state index is 0.118. The van der Waals surface area contributed by atoms with Gasteiger partial charge in [-0.15, -0.1) is 0 Å². The van der Waals surface area contributed by atoms with Crippen molar-refractivity contribution in [2.24, 2.45) is 5.92 Å². The average Bonchev–Trinajstić information content (AvgIpc) is 2.67. The molecule has 1 aliphatic rings. The molecule has 0 fully saturated rings. The van der Waals surface area contributed by atoms with Gasteiger partial charge in [0.1, 0.15) is 0 Å². The number of rotatable bonds is 7. The number of unbranched alkanes of at least 4 members (excludes halogenated alkanes) is 3. The highest BCUT2D eigenvalue weighted by Crippen LogP contribution is 2.31. The Morgan fingerprint density at radius 3 is 2.35 bits per heavy atom. The quantitative estimate of drug-likeness (QED) is 0.657. The minimum atomic E-state index is 0.118. The van der Waals surface area contributed by atoms with E-state index in [1.165, 1.54) is 25.7 Å². The molecule has 0 spiro atoms. The number of hydrogen-bond donors (Lipinski definition) is 0. The fourth-order valence-electron chi connectivity index (χ4n) is 2.75. The standard InChI is InChI=1S/C18H25NO/c1-14(2)10-6-4-5-9-13-19-15(3)16-11-7-8-12-17(16)18(19)20/h7-8,11-12,14H,3-6,9-10,13H2,1-2H3. The zero-order valence-electron chi connectivity index (χ0n) is 12.7. The first-order chi connectivity index (χ1) is 9.61. The molecule has 20 heavy (non-hydrogen) atoms. The van der Waals surface area contributed by atoms with Gasteiger partial charge < -0.3 is 4.90 Å². The van der Waals surface area contributed by atoms with E-state index < -0.39 is 0 Å². The summed E-state index contributed by atoms with van der Waals surface area (Å²) in [5.41, 5.74) is 2.67. The van der Waals surface area contributed by atoms with Crippen LogP contribution in [0.25, 0.3) is 5.70 Å². The van der Waals surface area contributed by atoms with Gasteiger partial charge in [-0.3, -0.25) is 4.79 Å². The Morgan fingerprint density at radius 2 is 1.70 bits per heavy atom. The van der Waals surface area contributed by atoms with Gasteiger partial charge in [0.05, 0.1) is 0 Å². The molecular weight excluding hydrogens is 246 g/mol.